The van der Waals surface area contributed by atoms with Gasteiger partial charge in [0.25, 0.3) is 0 Å². The summed E-state index contributed by atoms with van der Waals surface area (Å²) in [5.41, 5.74) is 1.40. The monoisotopic (exact) mass is 340 g/mol. The third kappa shape index (κ3) is 3.29. The maximum Gasteiger partial charge on any atom is 0.319 e. The second kappa shape index (κ2) is 7.23. The molecule has 0 fully saturated rings. The molecule has 2 heterocycles. The average molecular weight is 340 g/mol. The molecule has 122 valence electrons. The van der Waals surface area contributed by atoms with Gasteiger partial charge in [0.1, 0.15) is 10.9 Å². The molecule has 1 aromatic carbocycles. The van der Waals surface area contributed by atoms with Crippen LogP contribution in [0.5, 0.6) is 11.9 Å². The molecule has 2 aromatic heterocycles. The molecular formula is C17H16N4O2S. The number of hydrogen-bond donors (Lipinski definition) is 0. The van der Waals surface area contributed by atoms with Crippen molar-refractivity contribution in [3.8, 4) is 18.0 Å². The summed E-state index contributed by atoms with van der Waals surface area (Å²) in [6.45, 7) is 4.64. The van der Waals surface area contributed by atoms with Crippen molar-refractivity contribution in [3.05, 3.63) is 41.0 Å². The fourth-order valence-electron chi connectivity index (χ4n) is 2.25. The summed E-state index contributed by atoms with van der Waals surface area (Å²) in [6.07, 6.45) is 0. The molecule has 24 heavy (non-hydrogen) atoms. The Morgan fingerprint density at radius 1 is 1.12 bits per heavy atom. The van der Waals surface area contributed by atoms with E-state index in [1.165, 1.54) is 11.3 Å². The summed E-state index contributed by atoms with van der Waals surface area (Å²) in [4.78, 5) is 13.1. The van der Waals surface area contributed by atoms with E-state index in [9.17, 15) is 5.26 Å². The molecule has 0 saturated heterocycles. The van der Waals surface area contributed by atoms with Crippen molar-refractivity contribution in [2.75, 3.05) is 13.2 Å². The number of fused-ring (bicyclic) bond motifs is 1. The van der Waals surface area contributed by atoms with Crippen molar-refractivity contribution >= 4 is 21.6 Å². The van der Waals surface area contributed by atoms with Crippen LogP contribution in [0.1, 0.15) is 30.5 Å². The van der Waals surface area contributed by atoms with Crippen molar-refractivity contribution in [1.82, 2.24) is 15.0 Å². The van der Waals surface area contributed by atoms with Gasteiger partial charge in [0.15, 0.2) is 0 Å². The van der Waals surface area contributed by atoms with Crippen molar-refractivity contribution in [3.63, 3.8) is 0 Å². The maximum absolute atomic E-state index is 9.67. The number of ether oxygens (including phenoxy) is 2. The van der Waals surface area contributed by atoms with Gasteiger partial charge in [0.2, 0.25) is 5.88 Å². The lowest BCUT2D eigenvalue weighted by Crippen LogP contribution is -2.07. The van der Waals surface area contributed by atoms with Gasteiger partial charge < -0.3 is 9.47 Å². The van der Waals surface area contributed by atoms with E-state index in [2.05, 4.69) is 21.0 Å². The first kappa shape index (κ1) is 16.1. The van der Waals surface area contributed by atoms with Crippen LogP contribution in [0.25, 0.3) is 10.2 Å². The molecule has 3 rings (SSSR count). The largest absolute Gasteiger partial charge is 0.478 e. The fraction of sp³-hybridized carbons (Fsp3) is 0.294. The van der Waals surface area contributed by atoms with Crippen LogP contribution in [0.4, 0.5) is 0 Å². The number of aromatic nitrogens is 3. The van der Waals surface area contributed by atoms with Crippen molar-refractivity contribution in [2.45, 2.75) is 19.8 Å². The molecule has 6 nitrogen and oxygen atoms in total. The summed E-state index contributed by atoms with van der Waals surface area (Å²) in [7, 11) is 0. The minimum absolute atomic E-state index is 0.208. The van der Waals surface area contributed by atoms with Crippen LogP contribution in [0.15, 0.2) is 30.3 Å². The van der Waals surface area contributed by atoms with E-state index in [0.717, 1.165) is 10.2 Å². The van der Waals surface area contributed by atoms with Crippen LogP contribution in [0.2, 0.25) is 0 Å². The Balaban J connectivity index is 2.04. The smallest absolute Gasteiger partial charge is 0.319 e. The third-order valence-corrected chi connectivity index (χ3v) is 4.35. The van der Waals surface area contributed by atoms with Crippen LogP contribution >= 0.6 is 11.3 Å². The minimum atomic E-state index is -0.594. The number of benzene rings is 1. The number of thiazole rings is 1. The summed E-state index contributed by atoms with van der Waals surface area (Å²) >= 11 is 1.49. The molecule has 0 saturated carbocycles. The lowest BCUT2D eigenvalue weighted by atomic mass is 10.1. The fourth-order valence-corrected chi connectivity index (χ4v) is 3.27. The number of nitriles is 1. The molecule has 0 N–H and O–H groups in total. The quantitative estimate of drug-likeness (QED) is 0.683. The lowest BCUT2D eigenvalue weighted by Gasteiger charge is -2.10. The summed E-state index contributed by atoms with van der Waals surface area (Å²) in [5.74, 6) is -0.198. The van der Waals surface area contributed by atoms with E-state index < -0.39 is 5.92 Å². The van der Waals surface area contributed by atoms with Gasteiger partial charge in [0, 0.05) is 6.07 Å². The zero-order valence-electron chi connectivity index (χ0n) is 13.4. The Hall–Kier alpha value is -2.72. The molecule has 0 aliphatic heterocycles. The van der Waals surface area contributed by atoms with Gasteiger partial charge in [0.05, 0.1) is 35.2 Å². The van der Waals surface area contributed by atoms with Gasteiger partial charge in [-0.25, -0.2) is 4.98 Å². The number of hydrogen-bond acceptors (Lipinski definition) is 7. The predicted octanol–water partition coefficient (Wildman–Crippen LogP) is 3.54. The Labute approximate surface area is 143 Å². The topological polar surface area (TPSA) is 80.9 Å². The van der Waals surface area contributed by atoms with Gasteiger partial charge >= 0.3 is 6.01 Å². The van der Waals surface area contributed by atoms with E-state index in [0.29, 0.717) is 29.8 Å². The zero-order valence-corrected chi connectivity index (χ0v) is 14.2. The van der Waals surface area contributed by atoms with E-state index in [1.54, 1.807) is 6.07 Å². The van der Waals surface area contributed by atoms with Gasteiger partial charge in [-0.3, -0.25) is 0 Å². The highest BCUT2D eigenvalue weighted by Crippen LogP contribution is 2.32. The van der Waals surface area contributed by atoms with Crippen LogP contribution in [0, 0.1) is 11.3 Å². The van der Waals surface area contributed by atoms with Crippen LogP contribution < -0.4 is 9.47 Å². The first-order chi connectivity index (χ1) is 11.7. The summed E-state index contributed by atoms with van der Waals surface area (Å²) in [6, 6.07) is 12.0. The van der Waals surface area contributed by atoms with Crippen molar-refractivity contribution in [2.24, 2.45) is 0 Å². The lowest BCUT2D eigenvalue weighted by molar-refractivity contribution is 0.287. The summed E-state index contributed by atoms with van der Waals surface area (Å²) < 4.78 is 11.9. The van der Waals surface area contributed by atoms with Crippen molar-refractivity contribution < 1.29 is 9.47 Å². The molecule has 1 unspecified atom stereocenters. The maximum atomic E-state index is 9.67. The first-order valence-corrected chi connectivity index (χ1v) is 8.46. The number of nitrogens with zero attached hydrogens (tertiary/aromatic N) is 4. The van der Waals surface area contributed by atoms with E-state index in [1.807, 2.05) is 38.1 Å². The number of rotatable bonds is 6. The Morgan fingerprint density at radius 2 is 1.92 bits per heavy atom. The molecule has 3 aromatic rings. The second-order valence-corrected chi connectivity index (χ2v) is 5.92. The molecule has 1 atom stereocenters. The minimum Gasteiger partial charge on any atom is -0.478 e. The van der Waals surface area contributed by atoms with Crippen LogP contribution in [-0.4, -0.2) is 28.2 Å². The molecule has 0 aliphatic rings. The molecule has 7 heteroatoms. The Morgan fingerprint density at radius 3 is 2.62 bits per heavy atom. The third-order valence-electron chi connectivity index (χ3n) is 3.25. The second-order valence-electron chi connectivity index (χ2n) is 4.86. The van der Waals surface area contributed by atoms with Gasteiger partial charge in [-0.2, -0.15) is 15.2 Å². The molecule has 0 amide bonds. The average Bonchev–Trinajstić information content (AvgIpc) is 2.99. The van der Waals surface area contributed by atoms with E-state index in [4.69, 9.17) is 9.47 Å². The van der Waals surface area contributed by atoms with E-state index >= 15 is 0 Å². The van der Waals surface area contributed by atoms with E-state index in [-0.39, 0.29) is 6.01 Å². The number of para-hydroxylation sites is 1. The van der Waals surface area contributed by atoms with Crippen LogP contribution in [-0.2, 0) is 0 Å². The predicted molar refractivity (Wildman–Crippen MR) is 91.4 cm³/mol. The summed E-state index contributed by atoms with van der Waals surface area (Å²) in [5, 5.41) is 10.4. The normalized spacial score (nSPS) is 11.9. The standard InChI is InChI=1S/C17H16N4O2S/c1-3-22-15-9-13(20-17(21-15)23-4-2)11(10-18)16-19-12-7-5-6-8-14(12)24-16/h5-9,11H,3-4H2,1-2H3. The molecule has 0 bridgehead atoms. The van der Waals surface area contributed by atoms with Crippen molar-refractivity contribution in [1.29, 1.82) is 5.26 Å². The zero-order chi connectivity index (χ0) is 16.9. The Kier molecular flexibility index (Phi) is 4.87. The van der Waals surface area contributed by atoms with Crippen LogP contribution in [0.3, 0.4) is 0 Å². The highest BCUT2D eigenvalue weighted by molar-refractivity contribution is 7.18. The Bertz CT molecular complexity index is 830. The van der Waals surface area contributed by atoms with Gasteiger partial charge in [-0.15, -0.1) is 11.3 Å². The van der Waals surface area contributed by atoms with Gasteiger partial charge in [-0.1, -0.05) is 12.1 Å². The molecular weight excluding hydrogens is 324 g/mol. The SMILES string of the molecule is CCOc1cc(C(C#N)c2nc3ccccc3s2)nc(OCC)n1. The highest BCUT2D eigenvalue weighted by atomic mass is 32.1. The molecule has 0 aliphatic carbocycles. The molecule has 0 spiro atoms. The highest BCUT2D eigenvalue weighted by Gasteiger charge is 2.22. The molecule has 0 radical (unpaired) electrons. The van der Waals surface area contributed by atoms with Gasteiger partial charge in [-0.05, 0) is 26.0 Å². The first-order valence-electron chi connectivity index (χ1n) is 7.64.